The summed E-state index contributed by atoms with van der Waals surface area (Å²) in [6, 6.07) is 5.37. The second-order valence-corrected chi connectivity index (χ2v) is 7.05. The maximum atomic E-state index is 14.3. The minimum absolute atomic E-state index is 0.170. The first-order valence-corrected chi connectivity index (χ1v) is 8.60. The molecule has 0 spiro atoms. The van der Waals surface area contributed by atoms with Crippen LogP contribution in [0.5, 0.6) is 0 Å². The fourth-order valence-electron chi connectivity index (χ4n) is 2.16. The molecule has 0 radical (unpaired) electrons. The van der Waals surface area contributed by atoms with Crippen LogP contribution in [0, 0.1) is 19.7 Å². The molecule has 0 aliphatic rings. The molecule has 2 aromatic heterocycles. The molecule has 124 valence electrons. The lowest BCUT2D eigenvalue weighted by molar-refractivity contribution is 0.590. The zero-order chi connectivity index (χ0) is 17.3. The molecule has 3 rings (SSSR count). The smallest absolute Gasteiger partial charge is 0.262 e. The Morgan fingerprint density at radius 3 is 2.58 bits per heavy atom. The number of aryl methyl sites for hydroxylation is 2. The van der Waals surface area contributed by atoms with Gasteiger partial charge >= 0.3 is 0 Å². The average Bonchev–Trinajstić information content (AvgIpc) is 2.95. The zero-order valence-electron chi connectivity index (χ0n) is 13.1. The number of benzene rings is 1. The first-order valence-electron chi connectivity index (χ1n) is 7.11. The van der Waals surface area contributed by atoms with E-state index in [1.165, 1.54) is 23.0 Å². The molecule has 0 aliphatic heterocycles. The summed E-state index contributed by atoms with van der Waals surface area (Å²) >= 11 is 0. The van der Waals surface area contributed by atoms with E-state index in [0.29, 0.717) is 5.69 Å². The van der Waals surface area contributed by atoms with Crippen molar-refractivity contribution in [3.05, 3.63) is 66.0 Å². The van der Waals surface area contributed by atoms with E-state index in [1.54, 1.807) is 31.6 Å². The summed E-state index contributed by atoms with van der Waals surface area (Å²) in [6.07, 6.45) is 6.22. The van der Waals surface area contributed by atoms with Crippen LogP contribution in [-0.4, -0.2) is 23.2 Å². The fourth-order valence-corrected chi connectivity index (χ4v) is 3.29. The lowest BCUT2D eigenvalue weighted by Crippen LogP contribution is -2.14. The molecule has 2 heterocycles. The summed E-state index contributed by atoms with van der Waals surface area (Å²) in [5.41, 5.74) is 2.13. The molecule has 0 bridgehead atoms. The number of nitrogens with one attached hydrogen (secondary N) is 1. The minimum atomic E-state index is -3.91. The Labute approximate surface area is 139 Å². The molecule has 0 saturated heterocycles. The van der Waals surface area contributed by atoms with Gasteiger partial charge in [0, 0.05) is 12.4 Å². The standard InChI is InChI=1S/C16H15FN4O2S/c1-11-8-19-21(10-11)16-4-3-13(7-14(16)17)24(22,23)20-15-9-18-6-5-12(15)2/h3-10,20H,1-2H3. The summed E-state index contributed by atoms with van der Waals surface area (Å²) < 4.78 is 43.0. The van der Waals surface area contributed by atoms with Crippen LogP contribution >= 0.6 is 0 Å². The Balaban J connectivity index is 1.95. The number of rotatable bonds is 4. The van der Waals surface area contributed by atoms with Crippen molar-refractivity contribution in [3.63, 3.8) is 0 Å². The molecule has 0 saturated carbocycles. The van der Waals surface area contributed by atoms with Gasteiger partial charge in [-0.3, -0.25) is 9.71 Å². The van der Waals surface area contributed by atoms with Crippen LogP contribution in [0.4, 0.5) is 10.1 Å². The molecule has 0 fully saturated rings. The second kappa shape index (κ2) is 6.04. The van der Waals surface area contributed by atoms with Crippen molar-refractivity contribution >= 4 is 15.7 Å². The molecular formula is C16H15FN4O2S. The molecule has 0 amide bonds. The van der Waals surface area contributed by atoms with Gasteiger partial charge in [-0.05, 0) is 49.2 Å². The van der Waals surface area contributed by atoms with Gasteiger partial charge in [0.05, 0.1) is 23.0 Å². The van der Waals surface area contributed by atoms with Gasteiger partial charge in [-0.25, -0.2) is 17.5 Å². The number of anilines is 1. The number of nitrogens with zero attached hydrogens (tertiary/aromatic N) is 3. The SMILES string of the molecule is Cc1cnn(-c2ccc(S(=O)(=O)Nc3cnccc3C)cc2F)c1. The highest BCUT2D eigenvalue weighted by molar-refractivity contribution is 7.92. The maximum Gasteiger partial charge on any atom is 0.262 e. The molecule has 0 aliphatic carbocycles. The van der Waals surface area contributed by atoms with E-state index in [2.05, 4.69) is 14.8 Å². The van der Waals surface area contributed by atoms with Crippen molar-refractivity contribution in [1.29, 1.82) is 0 Å². The van der Waals surface area contributed by atoms with Crippen LogP contribution in [-0.2, 0) is 10.0 Å². The van der Waals surface area contributed by atoms with Crippen LogP contribution in [0.15, 0.2) is 53.9 Å². The van der Waals surface area contributed by atoms with Gasteiger partial charge in [-0.1, -0.05) is 0 Å². The number of aromatic nitrogens is 3. The van der Waals surface area contributed by atoms with E-state index in [4.69, 9.17) is 0 Å². The van der Waals surface area contributed by atoms with Crippen LogP contribution in [0.25, 0.3) is 5.69 Å². The Morgan fingerprint density at radius 1 is 1.17 bits per heavy atom. The number of pyridine rings is 1. The summed E-state index contributed by atoms with van der Waals surface area (Å²) in [6.45, 7) is 3.59. The summed E-state index contributed by atoms with van der Waals surface area (Å²) in [7, 11) is -3.91. The van der Waals surface area contributed by atoms with Crippen LogP contribution in [0.1, 0.15) is 11.1 Å². The Kier molecular flexibility index (Phi) is 4.06. The molecule has 24 heavy (non-hydrogen) atoms. The highest BCUT2D eigenvalue weighted by atomic mass is 32.2. The Morgan fingerprint density at radius 2 is 1.96 bits per heavy atom. The van der Waals surface area contributed by atoms with E-state index in [9.17, 15) is 12.8 Å². The lowest BCUT2D eigenvalue weighted by Gasteiger charge is -2.11. The van der Waals surface area contributed by atoms with E-state index in [-0.39, 0.29) is 10.6 Å². The van der Waals surface area contributed by atoms with E-state index in [1.807, 2.05) is 6.92 Å². The predicted octanol–water partition coefficient (Wildman–Crippen LogP) is 2.82. The molecule has 0 atom stereocenters. The minimum Gasteiger partial charge on any atom is -0.278 e. The quantitative estimate of drug-likeness (QED) is 0.788. The predicted molar refractivity (Wildman–Crippen MR) is 88.0 cm³/mol. The number of halogens is 1. The van der Waals surface area contributed by atoms with E-state index >= 15 is 0 Å². The molecule has 1 N–H and O–H groups in total. The Bertz CT molecular complexity index is 999. The molecule has 3 aromatic rings. The molecule has 1 aromatic carbocycles. The third-order valence-corrected chi connectivity index (χ3v) is 4.83. The summed E-state index contributed by atoms with van der Waals surface area (Å²) in [5, 5.41) is 4.02. The van der Waals surface area contributed by atoms with E-state index < -0.39 is 15.8 Å². The van der Waals surface area contributed by atoms with Crippen molar-refractivity contribution in [2.45, 2.75) is 18.7 Å². The number of hydrogen-bond acceptors (Lipinski definition) is 4. The Hall–Kier alpha value is -2.74. The van der Waals surface area contributed by atoms with Gasteiger partial charge in [-0.2, -0.15) is 5.10 Å². The first kappa shape index (κ1) is 16.1. The van der Waals surface area contributed by atoms with Gasteiger partial charge in [0.1, 0.15) is 11.5 Å². The van der Waals surface area contributed by atoms with Crippen LogP contribution in [0.2, 0.25) is 0 Å². The lowest BCUT2D eigenvalue weighted by atomic mass is 10.3. The largest absolute Gasteiger partial charge is 0.278 e. The topological polar surface area (TPSA) is 76.9 Å². The second-order valence-electron chi connectivity index (χ2n) is 5.37. The molecule has 6 nitrogen and oxygen atoms in total. The molecule has 0 unspecified atom stereocenters. The van der Waals surface area contributed by atoms with Crippen molar-refractivity contribution in [1.82, 2.24) is 14.8 Å². The third kappa shape index (κ3) is 3.13. The van der Waals surface area contributed by atoms with Gasteiger partial charge in [0.25, 0.3) is 10.0 Å². The average molecular weight is 346 g/mol. The summed E-state index contributed by atoms with van der Waals surface area (Å²) in [5.74, 6) is -0.677. The number of hydrogen-bond donors (Lipinski definition) is 1. The normalized spacial score (nSPS) is 11.5. The third-order valence-electron chi connectivity index (χ3n) is 3.47. The highest BCUT2D eigenvalue weighted by Gasteiger charge is 2.18. The van der Waals surface area contributed by atoms with E-state index in [0.717, 1.165) is 17.2 Å². The van der Waals surface area contributed by atoms with Crippen LogP contribution < -0.4 is 4.72 Å². The molecular weight excluding hydrogens is 331 g/mol. The van der Waals surface area contributed by atoms with Crippen molar-refractivity contribution in [3.8, 4) is 5.69 Å². The van der Waals surface area contributed by atoms with Gasteiger partial charge in [-0.15, -0.1) is 0 Å². The highest BCUT2D eigenvalue weighted by Crippen LogP contribution is 2.22. The van der Waals surface area contributed by atoms with Crippen LogP contribution in [0.3, 0.4) is 0 Å². The van der Waals surface area contributed by atoms with Crippen molar-refractivity contribution < 1.29 is 12.8 Å². The van der Waals surface area contributed by atoms with Gasteiger partial charge in [0.2, 0.25) is 0 Å². The van der Waals surface area contributed by atoms with Crippen molar-refractivity contribution in [2.24, 2.45) is 0 Å². The maximum absolute atomic E-state index is 14.3. The summed E-state index contributed by atoms with van der Waals surface area (Å²) in [4.78, 5) is 3.71. The number of sulfonamides is 1. The first-order chi connectivity index (χ1) is 11.4. The van der Waals surface area contributed by atoms with Gasteiger partial charge in [0.15, 0.2) is 0 Å². The zero-order valence-corrected chi connectivity index (χ0v) is 13.9. The molecule has 8 heteroatoms. The monoisotopic (exact) mass is 346 g/mol. The fraction of sp³-hybridized carbons (Fsp3) is 0.125. The van der Waals surface area contributed by atoms with Crippen molar-refractivity contribution in [2.75, 3.05) is 4.72 Å². The van der Waals surface area contributed by atoms with Gasteiger partial charge < -0.3 is 0 Å².